The van der Waals surface area contributed by atoms with E-state index in [1.54, 1.807) is 51.9 Å². The van der Waals surface area contributed by atoms with Gasteiger partial charge in [0.15, 0.2) is 0 Å². The van der Waals surface area contributed by atoms with E-state index >= 15 is 0 Å². The van der Waals surface area contributed by atoms with Gasteiger partial charge in [0, 0.05) is 38.3 Å². The highest BCUT2D eigenvalue weighted by molar-refractivity contribution is 6.07. The van der Waals surface area contributed by atoms with Crippen LogP contribution in [0.15, 0.2) is 30.3 Å². The number of likely N-dealkylation sites (N-methyl/N-ethyl adjacent to an activating group) is 1. The number of aromatic nitrogens is 1. The molecule has 2 N–H and O–H groups in total. The molecule has 36 heavy (non-hydrogen) atoms. The summed E-state index contributed by atoms with van der Waals surface area (Å²) in [6.07, 6.45) is -0.152. The molecule has 1 aliphatic heterocycles. The van der Waals surface area contributed by atoms with Crippen LogP contribution in [0.2, 0.25) is 0 Å². The quantitative estimate of drug-likeness (QED) is 0.547. The fourth-order valence-electron chi connectivity index (χ4n) is 4.58. The number of rotatable bonds is 5. The van der Waals surface area contributed by atoms with Crippen LogP contribution >= 0.6 is 0 Å². The highest BCUT2D eigenvalue weighted by Crippen LogP contribution is 2.44. The molecule has 2 heterocycles. The lowest BCUT2D eigenvalue weighted by Gasteiger charge is -2.34. The maximum absolute atomic E-state index is 13.6. The standard InChI is InChI=1S/C24H26FN3O3.C4H10O/c1-14-11-19-22(16-5-7-17(25)8-6-16)18(12-21(30)31)15(2)23-24(19)28(14)10-9-27(23)13-20(29)26(3)4;1-4(2,3)5/h5-8,11H,9-10,12-13H2,1-4H3,(H,30,31);5H,1-3H3. The smallest absolute Gasteiger partial charge is 0.307 e. The Labute approximate surface area is 211 Å². The number of carboxylic acids is 1. The molecule has 8 heteroatoms. The van der Waals surface area contributed by atoms with Gasteiger partial charge in [-0.15, -0.1) is 0 Å². The van der Waals surface area contributed by atoms with Crippen LogP contribution in [0, 0.1) is 19.7 Å². The number of aryl methyl sites for hydroxylation is 1. The van der Waals surface area contributed by atoms with E-state index in [0.29, 0.717) is 12.1 Å². The Bertz CT molecular complexity index is 1280. The number of benzene rings is 2. The van der Waals surface area contributed by atoms with Gasteiger partial charge in [-0.25, -0.2) is 4.39 Å². The summed E-state index contributed by atoms with van der Waals surface area (Å²) < 4.78 is 15.8. The predicted octanol–water partition coefficient (Wildman–Crippen LogP) is 4.38. The minimum Gasteiger partial charge on any atom is -0.481 e. The first-order chi connectivity index (χ1) is 16.7. The average molecular weight is 498 g/mol. The molecule has 0 spiro atoms. The number of halogens is 1. The monoisotopic (exact) mass is 497 g/mol. The van der Waals surface area contributed by atoms with Crippen LogP contribution in [0.25, 0.3) is 22.0 Å². The Hall–Kier alpha value is -3.39. The molecule has 1 amide bonds. The first-order valence-electron chi connectivity index (χ1n) is 12.0. The van der Waals surface area contributed by atoms with E-state index in [1.165, 1.54) is 12.1 Å². The van der Waals surface area contributed by atoms with Gasteiger partial charge in [-0.1, -0.05) is 12.1 Å². The lowest BCUT2D eigenvalue weighted by Crippen LogP contribution is -2.41. The van der Waals surface area contributed by atoms with E-state index in [1.807, 2.05) is 13.8 Å². The molecule has 1 aromatic heterocycles. The minimum absolute atomic E-state index is 0.00771. The lowest BCUT2D eigenvalue weighted by atomic mass is 9.88. The molecule has 3 aromatic rings. The maximum atomic E-state index is 13.6. The number of hydrogen-bond acceptors (Lipinski definition) is 4. The number of hydrogen-bond donors (Lipinski definition) is 2. The number of aliphatic hydroxyl groups is 1. The molecule has 0 saturated carbocycles. The fourth-order valence-corrected chi connectivity index (χ4v) is 4.58. The molecule has 0 bridgehead atoms. The Morgan fingerprint density at radius 3 is 2.19 bits per heavy atom. The van der Waals surface area contributed by atoms with E-state index in [-0.39, 0.29) is 24.7 Å². The molecule has 7 nitrogen and oxygen atoms in total. The summed E-state index contributed by atoms with van der Waals surface area (Å²) in [7, 11) is 3.46. The van der Waals surface area contributed by atoms with Crippen molar-refractivity contribution in [1.29, 1.82) is 0 Å². The topological polar surface area (TPSA) is 86.0 Å². The number of amides is 1. The number of nitrogens with zero attached hydrogens (tertiary/aromatic N) is 3. The molecule has 0 unspecified atom stereocenters. The summed E-state index contributed by atoms with van der Waals surface area (Å²) in [4.78, 5) is 27.9. The van der Waals surface area contributed by atoms with Gasteiger partial charge >= 0.3 is 5.97 Å². The van der Waals surface area contributed by atoms with Crippen molar-refractivity contribution in [3.63, 3.8) is 0 Å². The van der Waals surface area contributed by atoms with Crippen molar-refractivity contribution < 1.29 is 24.2 Å². The molecule has 2 aromatic carbocycles. The largest absolute Gasteiger partial charge is 0.481 e. The molecule has 0 aliphatic carbocycles. The van der Waals surface area contributed by atoms with Crippen LogP contribution in [0.5, 0.6) is 0 Å². The van der Waals surface area contributed by atoms with Gasteiger partial charge in [0.05, 0.1) is 29.8 Å². The number of carbonyl (C=O) groups is 2. The third-order valence-corrected chi connectivity index (χ3v) is 6.10. The summed E-state index contributed by atoms with van der Waals surface area (Å²) in [5, 5.41) is 19.1. The van der Waals surface area contributed by atoms with Gasteiger partial charge in [-0.2, -0.15) is 0 Å². The zero-order chi connectivity index (χ0) is 26.9. The van der Waals surface area contributed by atoms with Gasteiger partial charge in [0.25, 0.3) is 0 Å². The molecular formula is C28H36FN3O4. The van der Waals surface area contributed by atoms with E-state index < -0.39 is 11.6 Å². The molecule has 4 rings (SSSR count). The third kappa shape index (κ3) is 5.87. The number of carboxylic acid groups (broad SMARTS) is 1. The van der Waals surface area contributed by atoms with Gasteiger partial charge < -0.3 is 24.6 Å². The fraction of sp³-hybridized carbons (Fsp3) is 0.429. The Morgan fingerprint density at radius 2 is 1.67 bits per heavy atom. The van der Waals surface area contributed by atoms with Crippen molar-refractivity contribution in [3.8, 4) is 11.1 Å². The average Bonchev–Trinajstić information content (AvgIpc) is 3.08. The summed E-state index contributed by atoms with van der Waals surface area (Å²) in [5.74, 6) is -1.27. The summed E-state index contributed by atoms with van der Waals surface area (Å²) in [6, 6.07) is 8.25. The Kier molecular flexibility index (Phi) is 7.79. The van der Waals surface area contributed by atoms with Crippen LogP contribution in [-0.2, 0) is 22.6 Å². The second-order valence-corrected chi connectivity index (χ2v) is 10.5. The van der Waals surface area contributed by atoms with Crippen LogP contribution < -0.4 is 4.90 Å². The van der Waals surface area contributed by atoms with Gasteiger partial charge in [0.2, 0.25) is 5.91 Å². The van der Waals surface area contributed by atoms with Gasteiger partial charge in [0.1, 0.15) is 5.82 Å². The van der Waals surface area contributed by atoms with E-state index in [2.05, 4.69) is 15.5 Å². The molecular weight excluding hydrogens is 461 g/mol. The molecule has 0 atom stereocenters. The van der Waals surface area contributed by atoms with E-state index in [4.69, 9.17) is 5.11 Å². The zero-order valence-electron chi connectivity index (χ0n) is 22.1. The Balaban J connectivity index is 0.000000658. The van der Waals surface area contributed by atoms with Gasteiger partial charge in [-0.3, -0.25) is 9.59 Å². The summed E-state index contributed by atoms with van der Waals surface area (Å²) >= 11 is 0. The van der Waals surface area contributed by atoms with E-state index in [0.717, 1.165) is 45.5 Å². The molecule has 0 saturated heterocycles. The molecule has 1 aliphatic rings. The van der Waals surface area contributed by atoms with E-state index in [9.17, 15) is 19.1 Å². The predicted molar refractivity (Wildman–Crippen MR) is 141 cm³/mol. The van der Waals surface area contributed by atoms with Crippen molar-refractivity contribution in [1.82, 2.24) is 9.47 Å². The van der Waals surface area contributed by atoms with Crippen molar-refractivity contribution in [2.75, 3.05) is 32.1 Å². The number of carbonyl (C=O) groups excluding carboxylic acids is 1. The highest BCUT2D eigenvalue weighted by Gasteiger charge is 2.29. The van der Waals surface area contributed by atoms with Crippen LogP contribution in [-0.4, -0.2) is 64.3 Å². The molecule has 0 radical (unpaired) electrons. The number of anilines is 1. The second-order valence-electron chi connectivity index (χ2n) is 10.5. The van der Waals surface area contributed by atoms with Crippen LogP contribution in [0.3, 0.4) is 0 Å². The first kappa shape index (κ1) is 27.2. The van der Waals surface area contributed by atoms with Crippen molar-refractivity contribution in [2.45, 2.75) is 53.2 Å². The Morgan fingerprint density at radius 1 is 1.08 bits per heavy atom. The minimum atomic E-state index is -0.930. The molecule has 0 fully saturated rings. The van der Waals surface area contributed by atoms with Crippen molar-refractivity contribution >= 4 is 28.5 Å². The maximum Gasteiger partial charge on any atom is 0.307 e. The van der Waals surface area contributed by atoms with Crippen LogP contribution in [0.4, 0.5) is 10.1 Å². The normalized spacial score (nSPS) is 12.9. The first-order valence-corrected chi connectivity index (χ1v) is 12.0. The van der Waals surface area contributed by atoms with Crippen molar-refractivity contribution in [3.05, 3.63) is 53.0 Å². The highest BCUT2D eigenvalue weighted by atomic mass is 19.1. The summed E-state index contributed by atoms with van der Waals surface area (Å²) in [6.45, 7) is 10.8. The molecule has 194 valence electrons. The van der Waals surface area contributed by atoms with Crippen LogP contribution in [0.1, 0.15) is 37.6 Å². The van der Waals surface area contributed by atoms with Gasteiger partial charge in [-0.05, 0) is 75.1 Å². The lowest BCUT2D eigenvalue weighted by molar-refractivity contribution is -0.136. The van der Waals surface area contributed by atoms with Crippen molar-refractivity contribution in [2.24, 2.45) is 0 Å². The number of aliphatic carboxylic acids is 1. The third-order valence-electron chi connectivity index (χ3n) is 6.10. The second kappa shape index (κ2) is 10.3. The summed E-state index contributed by atoms with van der Waals surface area (Å²) in [5.41, 5.74) is 5.63. The SMILES string of the molecule is CC(C)(C)O.Cc1c(CC(=O)O)c(-c2ccc(F)cc2)c2cc(C)n3c2c1N(CC(=O)N(C)C)CC3. The zero-order valence-corrected chi connectivity index (χ0v) is 22.1.